The van der Waals surface area contributed by atoms with E-state index < -0.39 is 10.0 Å². The standard InChI is InChI=1S/C48H38N2S/c1-51(2)47-33-41(49(39-19-5-3-6-20-39)45-25-13-17-35-15-9-11-23-43(35)45)31-29-37(47)27-28-38-30-32-42(34-48(38)51)50(40-21-7-4-8-22-40)46-26-14-18-36-16-10-12-24-44(36)46/h3-34H,1-2H3. The van der Waals surface area contributed by atoms with Gasteiger partial charge in [-0.25, -0.2) is 0 Å². The van der Waals surface area contributed by atoms with E-state index in [4.69, 9.17) is 0 Å². The molecule has 1 heterocycles. The highest BCUT2D eigenvalue weighted by Gasteiger charge is 2.28. The number of anilines is 6. The number of benzene rings is 8. The first-order chi connectivity index (χ1) is 25.1. The molecule has 9 rings (SSSR count). The van der Waals surface area contributed by atoms with Crippen LogP contribution in [0.4, 0.5) is 34.1 Å². The normalized spacial score (nSPS) is 13.6. The predicted octanol–water partition coefficient (Wildman–Crippen LogP) is 13.9. The molecule has 0 saturated carbocycles. The third-order valence-corrected chi connectivity index (χ3v) is 13.0. The second kappa shape index (κ2) is 12.7. The summed E-state index contributed by atoms with van der Waals surface area (Å²) in [4.78, 5) is 7.60. The van der Waals surface area contributed by atoms with Crippen molar-refractivity contribution in [3.8, 4) is 0 Å². The number of nitrogens with zero attached hydrogens (tertiary/aromatic N) is 2. The highest BCUT2D eigenvalue weighted by molar-refractivity contribution is 8.32. The van der Waals surface area contributed by atoms with Crippen LogP contribution in [-0.4, -0.2) is 12.5 Å². The van der Waals surface area contributed by atoms with Crippen LogP contribution in [-0.2, 0) is 0 Å². The molecule has 246 valence electrons. The molecule has 0 bridgehead atoms. The number of fused-ring (bicyclic) bond motifs is 4. The Balaban J connectivity index is 1.21. The van der Waals surface area contributed by atoms with Crippen molar-refractivity contribution in [2.75, 3.05) is 22.3 Å². The van der Waals surface area contributed by atoms with E-state index in [1.54, 1.807) is 0 Å². The Bertz CT molecular complexity index is 2380. The topological polar surface area (TPSA) is 6.48 Å². The molecule has 8 aromatic rings. The van der Waals surface area contributed by atoms with Crippen LogP contribution in [0.3, 0.4) is 0 Å². The van der Waals surface area contributed by atoms with Gasteiger partial charge >= 0.3 is 0 Å². The second-order valence-corrected chi connectivity index (χ2v) is 17.0. The molecule has 51 heavy (non-hydrogen) atoms. The summed E-state index contributed by atoms with van der Waals surface area (Å²) in [7, 11) is -1.48. The van der Waals surface area contributed by atoms with Gasteiger partial charge in [0.15, 0.2) is 0 Å². The molecule has 8 aromatic carbocycles. The van der Waals surface area contributed by atoms with Crippen LogP contribution in [0.2, 0.25) is 0 Å². The zero-order valence-corrected chi connectivity index (χ0v) is 29.6. The van der Waals surface area contributed by atoms with Crippen molar-refractivity contribution in [3.05, 3.63) is 193 Å². The molecule has 0 aromatic heterocycles. The SMILES string of the molecule is CS1(C)c2cc(N(c3ccccc3)c3cccc4ccccc34)ccc2C=Cc2ccc(N(c3ccccc3)c3cccc4ccccc34)cc21. The molecule has 0 saturated heterocycles. The third-order valence-electron chi connectivity index (χ3n) is 10.1. The van der Waals surface area contributed by atoms with Gasteiger partial charge in [-0.3, -0.25) is 0 Å². The summed E-state index contributed by atoms with van der Waals surface area (Å²) in [6.07, 6.45) is 9.54. The van der Waals surface area contributed by atoms with Gasteiger partial charge in [0.25, 0.3) is 0 Å². The zero-order chi connectivity index (χ0) is 34.4. The fourth-order valence-electron chi connectivity index (χ4n) is 7.60. The van der Waals surface area contributed by atoms with Gasteiger partial charge in [-0.2, -0.15) is 10.0 Å². The summed E-state index contributed by atoms with van der Waals surface area (Å²) >= 11 is 0. The first-order valence-electron chi connectivity index (χ1n) is 17.4. The van der Waals surface area contributed by atoms with E-state index in [-0.39, 0.29) is 0 Å². The van der Waals surface area contributed by atoms with Gasteiger partial charge in [0.1, 0.15) is 0 Å². The Kier molecular flexibility index (Phi) is 7.71. The molecule has 0 amide bonds. The van der Waals surface area contributed by atoms with Crippen LogP contribution in [0.5, 0.6) is 0 Å². The summed E-state index contributed by atoms with van der Waals surface area (Å²) in [6.45, 7) is 0. The third kappa shape index (κ3) is 5.47. The smallest absolute Gasteiger partial charge is 0.0540 e. The first-order valence-corrected chi connectivity index (χ1v) is 19.9. The van der Waals surface area contributed by atoms with Crippen molar-refractivity contribution in [3.63, 3.8) is 0 Å². The summed E-state index contributed by atoms with van der Waals surface area (Å²) in [5.41, 5.74) is 9.50. The summed E-state index contributed by atoms with van der Waals surface area (Å²) in [6, 6.07) is 66.2. The van der Waals surface area contributed by atoms with Crippen molar-refractivity contribution in [2.45, 2.75) is 9.79 Å². The largest absolute Gasteiger partial charge is 0.310 e. The van der Waals surface area contributed by atoms with E-state index in [1.165, 1.54) is 53.8 Å². The Labute approximate surface area is 301 Å². The lowest BCUT2D eigenvalue weighted by molar-refractivity contribution is 1.24. The molecule has 0 spiro atoms. The molecule has 0 aliphatic carbocycles. The van der Waals surface area contributed by atoms with Crippen molar-refractivity contribution in [2.24, 2.45) is 0 Å². The van der Waals surface area contributed by atoms with Crippen LogP contribution < -0.4 is 9.80 Å². The molecule has 0 radical (unpaired) electrons. The Morgan fingerprint density at radius 2 is 0.745 bits per heavy atom. The molecular formula is C48H38N2S. The summed E-state index contributed by atoms with van der Waals surface area (Å²) < 4.78 is 0. The van der Waals surface area contributed by atoms with E-state index in [2.05, 4.69) is 216 Å². The highest BCUT2D eigenvalue weighted by Crippen LogP contribution is 2.62. The first kappa shape index (κ1) is 31.0. The second-order valence-electron chi connectivity index (χ2n) is 13.4. The molecule has 1 aliphatic rings. The molecule has 0 N–H and O–H groups in total. The molecule has 0 fully saturated rings. The summed E-state index contributed by atoms with van der Waals surface area (Å²) in [5.74, 6) is 0. The van der Waals surface area contributed by atoms with Crippen molar-refractivity contribution >= 4 is 77.8 Å². The maximum atomic E-state index is 2.46. The van der Waals surface area contributed by atoms with Gasteiger partial charge in [0.05, 0.1) is 11.4 Å². The van der Waals surface area contributed by atoms with Crippen molar-refractivity contribution in [1.29, 1.82) is 0 Å². The van der Waals surface area contributed by atoms with Crippen LogP contribution in [0.15, 0.2) is 192 Å². The fraction of sp³-hybridized carbons (Fsp3) is 0.0417. The zero-order valence-electron chi connectivity index (χ0n) is 28.8. The molecule has 1 aliphatic heterocycles. The van der Waals surface area contributed by atoms with Crippen LogP contribution in [0, 0.1) is 0 Å². The van der Waals surface area contributed by atoms with Crippen molar-refractivity contribution < 1.29 is 0 Å². The molecular weight excluding hydrogens is 637 g/mol. The van der Waals surface area contributed by atoms with Gasteiger partial charge in [-0.05, 0) is 95.1 Å². The molecule has 0 unspecified atom stereocenters. The number of para-hydroxylation sites is 2. The van der Waals surface area contributed by atoms with E-state index in [1.807, 2.05) is 0 Å². The maximum absolute atomic E-state index is 2.46. The minimum Gasteiger partial charge on any atom is -0.310 e. The lowest BCUT2D eigenvalue weighted by Crippen LogP contribution is -2.12. The average molecular weight is 675 g/mol. The maximum Gasteiger partial charge on any atom is 0.0540 e. The monoisotopic (exact) mass is 674 g/mol. The van der Waals surface area contributed by atoms with Gasteiger partial charge in [0, 0.05) is 43.3 Å². The van der Waals surface area contributed by atoms with Gasteiger partial charge in [-0.15, -0.1) is 0 Å². The van der Waals surface area contributed by atoms with E-state index in [0.29, 0.717) is 0 Å². The van der Waals surface area contributed by atoms with E-state index in [9.17, 15) is 0 Å². The lowest BCUT2D eigenvalue weighted by atomic mass is 10.1. The number of rotatable bonds is 6. The molecule has 2 nitrogen and oxygen atoms in total. The predicted molar refractivity (Wildman–Crippen MR) is 222 cm³/mol. The molecule has 0 atom stereocenters. The molecule has 3 heteroatoms. The van der Waals surface area contributed by atoms with Crippen molar-refractivity contribution in [1.82, 2.24) is 0 Å². The Hall–Kier alpha value is -6.03. The van der Waals surface area contributed by atoms with Gasteiger partial charge < -0.3 is 9.80 Å². The number of hydrogen-bond acceptors (Lipinski definition) is 2. The minimum absolute atomic E-state index is 1.14. The van der Waals surface area contributed by atoms with E-state index >= 15 is 0 Å². The minimum atomic E-state index is -1.48. The van der Waals surface area contributed by atoms with Gasteiger partial charge in [0.2, 0.25) is 0 Å². The fourth-order valence-corrected chi connectivity index (χ4v) is 10.1. The van der Waals surface area contributed by atoms with Crippen LogP contribution in [0.1, 0.15) is 11.1 Å². The van der Waals surface area contributed by atoms with Gasteiger partial charge in [-0.1, -0.05) is 133 Å². The highest BCUT2D eigenvalue weighted by atomic mass is 32.3. The summed E-state index contributed by atoms with van der Waals surface area (Å²) in [5, 5.41) is 4.93. The Morgan fingerprint density at radius 3 is 1.20 bits per heavy atom. The van der Waals surface area contributed by atoms with E-state index in [0.717, 1.165) is 22.7 Å². The quantitative estimate of drug-likeness (QED) is 0.173. The van der Waals surface area contributed by atoms with Crippen LogP contribution in [0.25, 0.3) is 33.7 Å². The lowest BCUT2D eigenvalue weighted by Gasteiger charge is -2.37. The average Bonchev–Trinajstić information content (AvgIpc) is 3.29. The number of hydrogen-bond donors (Lipinski definition) is 0. The Morgan fingerprint density at radius 1 is 0.353 bits per heavy atom. The van der Waals surface area contributed by atoms with Crippen LogP contribution >= 0.6 is 10.0 Å².